The van der Waals surface area contributed by atoms with Gasteiger partial charge in [-0.05, 0) is 13.3 Å². The molecule has 1 heterocycles. The van der Waals surface area contributed by atoms with Gasteiger partial charge >= 0.3 is 0 Å². The highest BCUT2D eigenvalue weighted by Crippen LogP contribution is 2.27. The molecule has 0 radical (unpaired) electrons. The third kappa shape index (κ3) is 6.26. The smallest absolute Gasteiger partial charge is 0.191 e. The molecule has 0 aliphatic carbocycles. The molecule has 17 heavy (non-hydrogen) atoms. The number of nitrogens with one attached hydrogen (secondary N) is 2. The molecule has 0 aromatic rings. The largest absolute Gasteiger partial charge is 0.381 e. The predicted molar refractivity (Wildman–Crippen MR) is 83.1 cm³/mol. The van der Waals surface area contributed by atoms with Crippen molar-refractivity contribution < 1.29 is 4.74 Å². The fourth-order valence-electron chi connectivity index (χ4n) is 1.61. The molecule has 0 aromatic carbocycles. The molecular formula is C12H24IN3O. The Bertz CT molecular complexity index is 250. The van der Waals surface area contributed by atoms with Crippen molar-refractivity contribution in [3.63, 3.8) is 0 Å². The standard InChI is InChI=1S/C12H23N3O.HI/c1-4-7-14-11(13-5-2)15-9-12(3)6-8-16-10-12;/h4H,1,5-10H2,2-3H3,(H2,13,14,15);1H. The maximum Gasteiger partial charge on any atom is 0.191 e. The minimum atomic E-state index is 0. The SMILES string of the molecule is C=CCNC(=NCC1(C)CCOC1)NCC.I. The summed E-state index contributed by atoms with van der Waals surface area (Å²) in [6.45, 7) is 12.1. The minimum Gasteiger partial charge on any atom is -0.381 e. The number of halogens is 1. The van der Waals surface area contributed by atoms with E-state index < -0.39 is 0 Å². The van der Waals surface area contributed by atoms with E-state index in [1.165, 1.54) is 0 Å². The van der Waals surface area contributed by atoms with Gasteiger partial charge in [0.1, 0.15) is 0 Å². The van der Waals surface area contributed by atoms with Gasteiger partial charge in [0.15, 0.2) is 5.96 Å². The van der Waals surface area contributed by atoms with Crippen LogP contribution in [-0.2, 0) is 4.74 Å². The van der Waals surface area contributed by atoms with Crippen LogP contribution in [0.1, 0.15) is 20.3 Å². The Labute approximate surface area is 121 Å². The molecule has 0 bridgehead atoms. The molecule has 1 unspecified atom stereocenters. The number of guanidine groups is 1. The molecule has 1 atom stereocenters. The topological polar surface area (TPSA) is 45.7 Å². The highest BCUT2D eigenvalue weighted by Gasteiger charge is 2.29. The first kappa shape index (κ1) is 16.7. The molecule has 1 saturated heterocycles. The van der Waals surface area contributed by atoms with Crippen molar-refractivity contribution >= 4 is 29.9 Å². The average Bonchev–Trinajstić information content (AvgIpc) is 2.70. The zero-order valence-electron chi connectivity index (χ0n) is 10.8. The van der Waals surface area contributed by atoms with Gasteiger partial charge in [-0.3, -0.25) is 4.99 Å². The maximum absolute atomic E-state index is 5.41. The molecule has 4 nitrogen and oxygen atoms in total. The van der Waals surface area contributed by atoms with Crippen molar-refractivity contribution in [2.45, 2.75) is 20.3 Å². The van der Waals surface area contributed by atoms with Crippen molar-refractivity contribution in [3.8, 4) is 0 Å². The second-order valence-corrected chi connectivity index (χ2v) is 4.48. The second-order valence-electron chi connectivity index (χ2n) is 4.48. The van der Waals surface area contributed by atoms with Gasteiger partial charge in [-0.15, -0.1) is 30.6 Å². The summed E-state index contributed by atoms with van der Waals surface area (Å²) >= 11 is 0. The molecule has 0 spiro atoms. The van der Waals surface area contributed by atoms with Gasteiger partial charge in [0.2, 0.25) is 0 Å². The van der Waals surface area contributed by atoms with E-state index in [4.69, 9.17) is 4.74 Å². The molecule has 100 valence electrons. The van der Waals surface area contributed by atoms with E-state index in [0.717, 1.165) is 45.2 Å². The molecular weight excluding hydrogens is 329 g/mol. The number of hydrogen-bond donors (Lipinski definition) is 2. The van der Waals surface area contributed by atoms with Crippen LogP contribution in [-0.4, -0.2) is 38.8 Å². The lowest BCUT2D eigenvalue weighted by atomic mass is 9.90. The fourth-order valence-corrected chi connectivity index (χ4v) is 1.61. The molecule has 1 aliphatic rings. The van der Waals surface area contributed by atoms with Crippen LogP contribution in [0.15, 0.2) is 17.6 Å². The summed E-state index contributed by atoms with van der Waals surface area (Å²) in [5, 5.41) is 6.40. The van der Waals surface area contributed by atoms with E-state index >= 15 is 0 Å². The Balaban J connectivity index is 0.00000256. The Kier molecular flexibility index (Phi) is 8.59. The highest BCUT2D eigenvalue weighted by molar-refractivity contribution is 14.0. The van der Waals surface area contributed by atoms with Crippen LogP contribution < -0.4 is 10.6 Å². The Morgan fingerprint density at radius 1 is 1.53 bits per heavy atom. The lowest BCUT2D eigenvalue weighted by Crippen LogP contribution is -2.38. The summed E-state index contributed by atoms with van der Waals surface area (Å²) in [5.41, 5.74) is 0.205. The Morgan fingerprint density at radius 2 is 2.29 bits per heavy atom. The average molecular weight is 353 g/mol. The number of hydrogen-bond acceptors (Lipinski definition) is 2. The Hall–Kier alpha value is -0.300. The van der Waals surface area contributed by atoms with E-state index in [1.54, 1.807) is 0 Å². The van der Waals surface area contributed by atoms with Crippen molar-refractivity contribution in [1.29, 1.82) is 0 Å². The molecule has 0 aromatic heterocycles. The quantitative estimate of drug-likeness (QED) is 0.343. The van der Waals surface area contributed by atoms with Crippen molar-refractivity contribution in [3.05, 3.63) is 12.7 Å². The zero-order valence-corrected chi connectivity index (χ0v) is 13.1. The van der Waals surface area contributed by atoms with Gasteiger partial charge in [0, 0.05) is 25.1 Å². The summed E-state index contributed by atoms with van der Waals surface area (Å²) in [6.07, 6.45) is 2.92. The first-order valence-electron chi connectivity index (χ1n) is 5.91. The van der Waals surface area contributed by atoms with Crippen LogP contribution in [0.3, 0.4) is 0 Å². The summed E-state index contributed by atoms with van der Waals surface area (Å²) in [7, 11) is 0. The summed E-state index contributed by atoms with van der Waals surface area (Å²) in [6, 6.07) is 0. The van der Waals surface area contributed by atoms with Gasteiger partial charge in [0.25, 0.3) is 0 Å². The predicted octanol–water partition coefficient (Wildman–Crippen LogP) is 1.77. The molecule has 5 heteroatoms. The van der Waals surface area contributed by atoms with Crippen molar-refractivity contribution in [2.75, 3.05) is 32.8 Å². The van der Waals surface area contributed by atoms with Crippen LogP contribution in [0.4, 0.5) is 0 Å². The Morgan fingerprint density at radius 3 is 2.82 bits per heavy atom. The van der Waals surface area contributed by atoms with Gasteiger partial charge in [0.05, 0.1) is 13.2 Å². The first-order valence-corrected chi connectivity index (χ1v) is 5.91. The molecule has 0 amide bonds. The third-order valence-electron chi connectivity index (χ3n) is 2.68. The number of ether oxygens (including phenoxy) is 1. The number of aliphatic imine (C=N–C) groups is 1. The van der Waals surface area contributed by atoms with E-state index in [9.17, 15) is 0 Å². The molecule has 1 aliphatic heterocycles. The van der Waals surface area contributed by atoms with Crippen LogP contribution >= 0.6 is 24.0 Å². The van der Waals surface area contributed by atoms with Gasteiger partial charge in [-0.25, -0.2) is 0 Å². The van der Waals surface area contributed by atoms with Gasteiger partial charge in [-0.1, -0.05) is 13.0 Å². The minimum absolute atomic E-state index is 0. The molecule has 2 N–H and O–H groups in total. The van der Waals surface area contributed by atoms with Crippen molar-refractivity contribution in [2.24, 2.45) is 10.4 Å². The van der Waals surface area contributed by atoms with E-state index in [2.05, 4.69) is 36.1 Å². The third-order valence-corrected chi connectivity index (χ3v) is 2.68. The van der Waals surface area contributed by atoms with Crippen LogP contribution in [0.2, 0.25) is 0 Å². The van der Waals surface area contributed by atoms with Crippen LogP contribution in [0.5, 0.6) is 0 Å². The van der Waals surface area contributed by atoms with Crippen LogP contribution in [0.25, 0.3) is 0 Å². The molecule has 1 rings (SSSR count). The zero-order chi connectivity index (χ0) is 11.9. The first-order chi connectivity index (χ1) is 7.70. The summed E-state index contributed by atoms with van der Waals surface area (Å²) in [4.78, 5) is 4.57. The van der Waals surface area contributed by atoms with Gasteiger partial charge < -0.3 is 15.4 Å². The lowest BCUT2D eigenvalue weighted by Gasteiger charge is -2.19. The van der Waals surface area contributed by atoms with Crippen LogP contribution in [0, 0.1) is 5.41 Å². The second kappa shape index (κ2) is 8.74. The fraction of sp³-hybridized carbons (Fsp3) is 0.750. The lowest BCUT2D eigenvalue weighted by molar-refractivity contribution is 0.163. The van der Waals surface area contributed by atoms with E-state index in [1.807, 2.05) is 6.08 Å². The van der Waals surface area contributed by atoms with E-state index in [0.29, 0.717) is 0 Å². The van der Waals surface area contributed by atoms with Gasteiger partial charge in [-0.2, -0.15) is 0 Å². The normalized spacial score (nSPS) is 24.0. The monoisotopic (exact) mass is 353 g/mol. The highest BCUT2D eigenvalue weighted by atomic mass is 127. The number of rotatable bonds is 5. The summed E-state index contributed by atoms with van der Waals surface area (Å²) < 4.78 is 5.41. The maximum atomic E-state index is 5.41. The molecule has 0 saturated carbocycles. The van der Waals surface area contributed by atoms with E-state index in [-0.39, 0.29) is 29.4 Å². The molecule has 1 fully saturated rings. The number of nitrogens with zero attached hydrogens (tertiary/aromatic N) is 1. The van der Waals surface area contributed by atoms with Crippen molar-refractivity contribution in [1.82, 2.24) is 10.6 Å². The summed E-state index contributed by atoms with van der Waals surface area (Å²) in [5.74, 6) is 0.857.